The molecule has 0 aromatic heterocycles. The highest BCUT2D eigenvalue weighted by Crippen LogP contribution is 2.27. The average Bonchev–Trinajstić information content (AvgIpc) is 2.59. The summed E-state index contributed by atoms with van der Waals surface area (Å²) < 4.78 is 15.5. The van der Waals surface area contributed by atoms with Gasteiger partial charge in [-0.1, -0.05) is 18.2 Å². The zero-order valence-electron chi connectivity index (χ0n) is 12.8. The van der Waals surface area contributed by atoms with Crippen LogP contribution in [-0.2, 0) is 0 Å². The van der Waals surface area contributed by atoms with Gasteiger partial charge < -0.3 is 14.2 Å². The SMILES string of the molecule is COc1cccc(C=CC(=O)c2ccc(OC)c(OC)c2)c1. The summed E-state index contributed by atoms with van der Waals surface area (Å²) in [5.41, 5.74) is 1.44. The van der Waals surface area contributed by atoms with Crippen LogP contribution in [0.5, 0.6) is 17.2 Å². The Kier molecular flexibility index (Phi) is 5.20. The van der Waals surface area contributed by atoms with Crippen molar-refractivity contribution in [2.45, 2.75) is 0 Å². The Hall–Kier alpha value is -2.75. The lowest BCUT2D eigenvalue weighted by atomic mass is 10.1. The number of hydrogen-bond acceptors (Lipinski definition) is 4. The number of ketones is 1. The molecule has 0 heterocycles. The molecule has 0 saturated carbocycles. The van der Waals surface area contributed by atoms with E-state index in [2.05, 4.69) is 0 Å². The van der Waals surface area contributed by atoms with Crippen LogP contribution in [0.1, 0.15) is 15.9 Å². The number of benzene rings is 2. The van der Waals surface area contributed by atoms with Crippen LogP contribution < -0.4 is 14.2 Å². The first-order valence-corrected chi connectivity index (χ1v) is 6.76. The summed E-state index contributed by atoms with van der Waals surface area (Å²) in [5.74, 6) is 1.77. The summed E-state index contributed by atoms with van der Waals surface area (Å²) in [6, 6.07) is 12.6. The van der Waals surface area contributed by atoms with Crippen molar-refractivity contribution >= 4 is 11.9 Å². The molecular formula is C18H18O4. The van der Waals surface area contributed by atoms with Gasteiger partial charge in [0, 0.05) is 5.56 Å². The van der Waals surface area contributed by atoms with E-state index in [9.17, 15) is 4.79 Å². The first kappa shape index (κ1) is 15.6. The number of rotatable bonds is 6. The maximum absolute atomic E-state index is 12.2. The second kappa shape index (κ2) is 7.31. The monoisotopic (exact) mass is 298 g/mol. The van der Waals surface area contributed by atoms with Crippen LogP contribution in [0.25, 0.3) is 6.08 Å². The zero-order chi connectivity index (χ0) is 15.9. The molecule has 22 heavy (non-hydrogen) atoms. The predicted molar refractivity (Wildman–Crippen MR) is 85.9 cm³/mol. The van der Waals surface area contributed by atoms with E-state index in [0.717, 1.165) is 11.3 Å². The summed E-state index contributed by atoms with van der Waals surface area (Å²) in [6.45, 7) is 0. The van der Waals surface area contributed by atoms with Gasteiger partial charge in [-0.05, 0) is 42.0 Å². The first-order valence-electron chi connectivity index (χ1n) is 6.76. The van der Waals surface area contributed by atoms with Crippen molar-refractivity contribution in [2.75, 3.05) is 21.3 Å². The van der Waals surface area contributed by atoms with E-state index >= 15 is 0 Å². The quantitative estimate of drug-likeness (QED) is 0.603. The topological polar surface area (TPSA) is 44.8 Å². The Balaban J connectivity index is 2.19. The summed E-state index contributed by atoms with van der Waals surface area (Å²) in [6.07, 6.45) is 3.28. The maximum Gasteiger partial charge on any atom is 0.185 e. The molecule has 0 N–H and O–H groups in total. The van der Waals surface area contributed by atoms with Crippen molar-refractivity contribution in [2.24, 2.45) is 0 Å². The fraction of sp³-hybridized carbons (Fsp3) is 0.167. The van der Waals surface area contributed by atoms with Gasteiger partial charge in [-0.3, -0.25) is 4.79 Å². The van der Waals surface area contributed by atoms with Crippen LogP contribution in [0.2, 0.25) is 0 Å². The number of ether oxygens (including phenoxy) is 3. The van der Waals surface area contributed by atoms with Gasteiger partial charge in [0.05, 0.1) is 21.3 Å². The molecule has 2 aromatic rings. The minimum absolute atomic E-state index is 0.108. The van der Waals surface area contributed by atoms with Gasteiger partial charge in [0.25, 0.3) is 0 Å². The molecule has 4 heteroatoms. The van der Waals surface area contributed by atoms with Crippen molar-refractivity contribution in [3.05, 3.63) is 59.7 Å². The smallest absolute Gasteiger partial charge is 0.185 e. The number of carbonyl (C=O) groups excluding carboxylic acids is 1. The minimum atomic E-state index is -0.108. The molecule has 0 aliphatic carbocycles. The van der Waals surface area contributed by atoms with Gasteiger partial charge in [0.1, 0.15) is 5.75 Å². The fourth-order valence-corrected chi connectivity index (χ4v) is 2.00. The number of carbonyl (C=O) groups is 1. The van der Waals surface area contributed by atoms with Gasteiger partial charge in [0.2, 0.25) is 0 Å². The van der Waals surface area contributed by atoms with Crippen molar-refractivity contribution < 1.29 is 19.0 Å². The molecule has 4 nitrogen and oxygen atoms in total. The van der Waals surface area contributed by atoms with Crippen LogP contribution in [0.3, 0.4) is 0 Å². The second-order valence-electron chi connectivity index (χ2n) is 4.54. The lowest BCUT2D eigenvalue weighted by Crippen LogP contribution is -1.97. The summed E-state index contributed by atoms with van der Waals surface area (Å²) in [7, 11) is 4.71. The zero-order valence-corrected chi connectivity index (χ0v) is 12.8. The Labute approximate surface area is 129 Å². The van der Waals surface area contributed by atoms with E-state index in [1.54, 1.807) is 38.5 Å². The minimum Gasteiger partial charge on any atom is -0.497 e. The molecule has 114 valence electrons. The van der Waals surface area contributed by atoms with Crippen LogP contribution in [0.15, 0.2) is 48.5 Å². The van der Waals surface area contributed by atoms with Crippen LogP contribution in [0, 0.1) is 0 Å². The molecule has 0 aliphatic rings. The highest BCUT2D eigenvalue weighted by atomic mass is 16.5. The summed E-state index contributed by atoms with van der Waals surface area (Å²) >= 11 is 0. The van der Waals surface area contributed by atoms with Gasteiger partial charge in [-0.15, -0.1) is 0 Å². The largest absolute Gasteiger partial charge is 0.497 e. The first-order chi connectivity index (χ1) is 10.7. The molecule has 0 aliphatic heterocycles. The Morgan fingerprint density at radius 2 is 1.68 bits per heavy atom. The fourth-order valence-electron chi connectivity index (χ4n) is 2.00. The van der Waals surface area contributed by atoms with E-state index in [1.807, 2.05) is 24.3 Å². The van der Waals surface area contributed by atoms with Crippen molar-refractivity contribution in [3.8, 4) is 17.2 Å². The van der Waals surface area contributed by atoms with E-state index in [4.69, 9.17) is 14.2 Å². The van der Waals surface area contributed by atoms with Crippen molar-refractivity contribution in [3.63, 3.8) is 0 Å². The third kappa shape index (κ3) is 3.67. The number of hydrogen-bond donors (Lipinski definition) is 0. The second-order valence-corrected chi connectivity index (χ2v) is 4.54. The van der Waals surface area contributed by atoms with E-state index in [-0.39, 0.29) is 5.78 Å². The molecule has 0 atom stereocenters. The van der Waals surface area contributed by atoms with Gasteiger partial charge in [0.15, 0.2) is 17.3 Å². The standard InChI is InChI=1S/C18H18O4/c1-20-15-6-4-5-13(11-15)7-9-16(19)14-8-10-17(21-2)18(12-14)22-3/h4-12H,1-3H3. The molecule has 0 radical (unpaired) electrons. The van der Waals surface area contributed by atoms with Crippen LogP contribution in [0.4, 0.5) is 0 Å². The molecule has 0 fully saturated rings. The van der Waals surface area contributed by atoms with Gasteiger partial charge in [-0.2, -0.15) is 0 Å². The number of allylic oxidation sites excluding steroid dienone is 1. The average molecular weight is 298 g/mol. The molecule has 0 unspecified atom stereocenters. The third-order valence-corrected chi connectivity index (χ3v) is 3.19. The predicted octanol–water partition coefficient (Wildman–Crippen LogP) is 3.61. The molecule has 0 bridgehead atoms. The van der Waals surface area contributed by atoms with E-state index in [1.165, 1.54) is 13.2 Å². The van der Waals surface area contributed by atoms with Gasteiger partial charge >= 0.3 is 0 Å². The molecule has 0 saturated heterocycles. The molecule has 0 spiro atoms. The molecule has 0 amide bonds. The lowest BCUT2D eigenvalue weighted by molar-refractivity contribution is 0.104. The molecular weight excluding hydrogens is 280 g/mol. The van der Waals surface area contributed by atoms with E-state index < -0.39 is 0 Å². The Morgan fingerprint density at radius 1 is 0.909 bits per heavy atom. The summed E-state index contributed by atoms with van der Waals surface area (Å²) in [5, 5.41) is 0. The lowest BCUT2D eigenvalue weighted by Gasteiger charge is -2.08. The van der Waals surface area contributed by atoms with Crippen molar-refractivity contribution in [1.82, 2.24) is 0 Å². The van der Waals surface area contributed by atoms with Crippen LogP contribution >= 0.6 is 0 Å². The highest BCUT2D eigenvalue weighted by Gasteiger charge is 2.08. The van der Waals surface area contributed by atoms with E-state index in [0.29, 0.717) is 17.1 Å². The molecule has 2 aromatic carbocycles. The third-order valence-electron chi connectivity index (χ3n) is 3.19. The summed E-state index contributed by atoms with van der Waals surface area (Å²) in [4.78, 5) is 12.2. The highest BCUT2D eigenvalue weighted by molar-refractivity contribution is 6.07. The Morgan fingerprint density at radius 3 is 2.36 bits per heavy atom. The molecule has 2 rings (SSSR count). The normalized spacial score (nSPS) is 10.5. The maximum atomic E-state index is 12.2. The Bertz CT molecular complexity index is 689. The van der Waals surface area contributed by atoms with Crippen LogP contribution in [-0.4, -0.2) is 27.1 Å². The van der Waals surface area contributed by atoms with Crippen molar-refractivity contribution in [1.29, 1.82) is 0 Å². The number of methoxy groups -OCH3 is 3. The van der Waals surface area contributed by atoms with Gasteiger partial charge in [-0.25, -0.2) is 0 Å².